The van der Waals surface area contributed by atoms with Crippen LogP contribution in [0.2, 0.25) is 0 Å². The van der Waals surface area contributed by atoms with Gasteiger partial charge in [-0.2, -0.15) is 0 Å². The minimum absolute atomic E-state index is 0.691. The summed E-state index contributed by atoms with van der Waals surface area (Å²) in [5.41, 5.74) is 2.16. The van der Waals surface area contributed by atoms with Gasteiger partial charge in [-0.15, -0.1) is 16.8 Å². The molecule has 3 nitrogen and oxygen atoms in total. The predicted molar refractivity (Wildman–Crippen MR) is 88.9 cm³/mol. The SMILES string of the molecule is C=CCn1c(SCC(=C)C)nnc1-c1ccc(Br)cc1. The summed E-state index contributed by atoms with van der Waals surface area (Å²) in [6.07, 6.45) is 1.86. The fourth-order valence-corrected chi connectivity index (χ4v) is 2.74. The second-order valence-corrected chi connectivity index (χ2v) is 6.32. The standard InChI is InChI=1S/C15H16BrN3S/c1-4-9-19-14(12-5-7-13(16)8-6-12)17-18-15(19)20-10-11(2)3/h4-8H,1-2,9-10H2,3H3. The fraction of sp³-hybridized carbons (Fsp3) is 0.200. The van der Waals surface area contributed by atoms with Crippen molar-refractivity contribution in [3.8, 4) is 11.4 Å². The number of hydrogen-bond acceptors (Lipinski definition) is 3. The zero-order valence-corrected chi connectivity index (χ0v) is 13.7. The van der Waals surface area contributed by atoms with Gasteiger partial charge in [-0.05, 0) is 19.1 Å². The van der Waals surface area contributed by atoms with Gasteiger partial charge in [-0.1, -0.05) is 58.1 Å². The van der Waals surface area contributed by atoms with Crippen LogP contribution in [0.4, 0.5) is 0 Å². The van der Waals surface area contributed by atoms with Gasteiger partial charge in [0.25, 0.3) is 0 Å². The molecule has 0 aliphatic carbocycles. The van der Waals surface area contributed by atoms with Crippen LogP contribution in [0.25, 0.3) is 11.4 Å². The lowest BCUT2D eigenvalue weighted by Gasteiger charge is -2.07. The molecule has 0 amide bonds. The maximum absolute atomic E-state index is 4.31. The molecule has 0 saturated heterocycles. The van der Waals surface area contributed by atoms with Gasteiger partial charge in [0.1, 0.15) is 0 Å². The molecule has 0 N–H and O–H groups in total. The van der Waals surface area contributed by atoms with Gasteiger partial charge < -0.3 is 0 Å². The molecule has 5 heteroatoms. The Balaban J connectivity index is 2.35. The number of rotatable bonds is 6. The monoisotopic (exact) mass is 349 g/mol. The molecule has 0 bridgehead atoms. The van der Waals surface area contributed by atoms with E-state index in [-0.39, 0.29) is 0 Å². The number of benzene rings is 1. The maximum Gasteiger partial charge on any atom is 0.192 e. The van der Waals surface area contributed by atoms with E-state index in [0.29, 0.717) is 6.54 Å². The molecular formula is C15H16BrN3S. The molecule has 0 radical (unpaired) electrons. The number of thioether (sulfide) groups is 1. The van der Waals surface area contributed by atoms with Gasteiger partial charge in [0.15, 0.2) is 11.0 Å². The van der Waals surface area contributed by atoms with Crippen LogP contribution < -0.4 is 0 Å². The average molecular weight is 350 g/mol. The third kappa shape index (κ3) is 3.61. The van der Waals surface area contributed by atoms with Crippen molar-refractivity contribution in [1.29, 1.82) is 0 Å². The molecule has 1 heterocycles. The molecule has 0 spiro atoms. The topological polar surface area (TPSA) is 30.7 Å². The highest BCUT2D eigenvalue weighted by molar-refractivity contribution is 9.10. The molecule has 104 valence electrons. The van der Waals surface area contributed by atoms with Crippen molar-refractivity contribution in [1.82, 2.24) is 14.8 Å². The van der Waals surface area contributed by atoms with Crippen molar-refractivity contribution < 1.29 is 0 Å². The molecule has 1 aromatic carbocycles. The maximum atomic E-state index is 4.31. The summed E-state index contributed by atoms with van der Waals surface area (Å²) in [6.45, 7) is 10.4. The molecule has 0 unspecified atom stereocenters. The molecule has 0 aliphatic rings. The van der Waals surface area contributed by atoms with E-state index in [0.717, 1.165) is 32.3 Å². The molecule has 0 aliphatic heterocycles. The summed E-state index contributed by atoms with van der Waals surface area (Å²) in [5, 5.41) is 9.49. The third-order valence-electron chi connectivity index (χ3n) is 2.58. The van der Waals surface area contributed by atoms with Crippen LogP contribution in [0.1, 0.15) is 6.92 Å². The minimum atomic E-state index is 0.691. The van der Waals surface area contributed by atoms with E-state index in [1.165, 1.54) is 0 Å². The molecule has 0 saturated carbocycles. The summed E-state index contributed by atoms with van der Waals surface area (Å²) in [7, 11) is 0. The van der Waals surface area contributed by atoms with Crippen molar-refractivity contribution in [2.75, 3.05) is 5.75 Å². The minimum Gasteiger partial charge on any atom is -0.298 e. The fourth-order valence-electron chi connectivity index (χ4n) is 1.69. The summed E-state index contributed by atoms with van der Waals surface area (Å²) < 4.78 is 3.12. The zero-order chi connectivity index (χ0) is 14.5. The number of hydrogen-bond donors (Lipinski definition) is 0. The molecule has 0 atom stereocenters. The van der Waals surface area contributed by atoms with E-state index in [1.807, 2.05) is 37.3 Å². The lowest BCUT2D eigenvalue weighted by molar-refractivity contribution is 0.731. The van der Waals surface area contributed by atoms with Gasteiger partial charge in [0.05, 0.1) is 0 Å². The van der Waals surface area contributed by atoms with Gasteiger partial charge in [-0.3, -0.25) is 4.57 Å². The summed E-state index contributed by atoms with van der Waals surface area (Å²) in [5.74, 6) is 1.71. The Morgan fingerprint density at radius 3 is 2.65 bits per heavy atom. The van der Waals surface area contributed by atoms with E-state index in [4.69, 9.17) is 0 Å². The smallest absolute Gasteiger partial charge is 0.192 e. The van der Waals surface area contributed by atoms with E-state index in [9.17, 15) is 0 Å². The van der Waals surface area contributed by atoms with Crippen molar-refractivity contribution in [2.45, 2.75) is 18.6 Å². The summed E-state index contributed by atoms with van der Waals surface area (Å²) >= 11 is 5.09. The van der Waals surface area contributed by atoms with Gasteiger partial charge in [-0.25, -0.2) is 0 Å². The second kappa shape index (κ2) is 6.90. The van der Waals surface area contributed by atoms with Crippen LogP contribution in [-0.4, -0.2) is 20.5 Å². The van der Waals surface area contributed by atoms with Crippen molar-refractivity contribution in [2.24, 2.45) is 0 Å². The summed E-state index contributed by atoms with van der Waals surface area (Å²) in [6, 6.07) is 8.06. The Morgan fingerprint density at radius 2 is 2.05 bits per heavy atom. The van der Waals surface area contributed by atoms with Crippen LogP contribution >= 0.6 is 27.7 Å². The molecule has 2 aromatic rings. The van der Waals surface area contributed by atoms with E-state index in [2.05, 4.69) is 43.9 Å². The van der Waals surface area contributed by atoms with Crippen LogP contribution in [0, 0.1) is 0 Å². The van der Waals surface area contributed by atoms with Crippen LogP contribution in [0.3, 0.4) is 0 Å². The van der Waals surface area contributed by atoms with Crippen LogP contribution in [-0.2, 0) is 6.54 Å². The Morgan fingerprint density at radius 1 is 1.35 bits per heavy atom. The number of halogens is 1. The predicted octanol–water partition coefficient (Wildman–Crippen LogP) is 4.56. The molecule has 1 aromatic heterocycles. The Bertz CT molecular complexity index is 617. The first-order valence-electron chi connectivity index (χ1n) is 6.19. The van der Waals surface area contributed by atoms with Crippen molar-refractivity contribution in [3.63, 3.8) is 0 Å². The number of nitrogens with zero attached hydrogens (tertiary/aromatic N) is 3. The lowest BCUT2D eigenvalue weighted by atomic mass is 10.2. The van der Waals surface area contributed by atoms with Gasteiger partial charge in [0, 0.05) is 22.3 Å². The van der Waals surface area contributed by atoms with E-state index < -0.39 is 0 Å². The van der Waals surface area contributed by atoms with Crippen LogP contribution in [0.5, 0.6) is 0 Å². The molecule has 20 heavy (non-hydrogen) atoms. The third-order valence-corrected chi connectivity index (χ3v) is 4.30. The largest absolute Gasteiger partial charge is 0.298 e. The van der Waals surface area contributed by atoms with Gasteiger partial charge >= 0.3 is 0 Å². The Kier molecular flexibility index (Phi) is 5.20. The van der Waals surface area contributed by atoms with Crippen molar-refractivity contribution >= 4 is 27.7 Å². The first kappa shape index (κ1) is 15.1. The van der Waals surface area contributed by atoms with Gasteiger partial charge in [0.2, 0.25) is 0 Å². The van der Waals surface area contributed by atoms with E-state index in [1.54, 1.807) is 11.8 Å². The van der Waals surface area contributed by atoms with Crippen LogP contribution in [0.15, 0.2) is 58.7 Å². The Labute approximate surface area is 131 Å². The quantitative estimate of drug-likeness (QED) is 0.565. The Hall–Kier alpha value is -1.33. The van der Waals surface area contributed by atoms with Crippen molar-refractivity contribution in [3.05, 3.63) is 53.5 Å². The number of allylic oxidation sites excluding steroid dienone is 1. The molecule has 2 rings (SSSR count). The van der Waals surface area contributed by atoms with E-state index >= 15 is 0 Å². The highest BCUT2D eigenvalue weighted by Crippen LogP contribution is 2.26. The average Bonchev–Trinajstić information content (AvgIpc) is 2.81. The lowest BCUT2D eigenvalue weighted by Crippen LogP contribution is -2.01. The highest BCUT2D eigenvalue weighted by atomic mass is 79.9. The first-order valence-corrected chi connectivity index (χ1v) is 7.97. The normalized spacial score (nSPS) is 10.5. The zero-order valence-electron chi connectivity index (χ0n) is 11.3. The second-order valence-electron chi connectivity index (χ2n) is 4.46. The molecular weight excluding hydrogens is 334 g/mol. The summed E-state index contributed by atoms with van der Waals surface area (Å²) in [4.78, 5) is 0. The number of aromatic nitrogens is 3. The highest BCUT2D eigenvalue weighted by Gasteiger charge is 2.13. The molecule has 0 fully saturated rings. The first-order chi connectivity index (χ1) is 9.61.